The monoisotopic (exact) mass is 371 g/mol. The molecule has 5 heteroatoms. The van der Waals surface area contributed by atoms with Crippen molar-refractivity contribution in [3.8, 4) is 21.8 Å². The van der Waals surface area contributed by atoms with Gasteiger partial charge >= 0.3 is 6.03 Å². The fourth-order valence-electron chi connectivity index (χ4n) is 2.69. The van der Waals surface area contributed by atoms with Gasteiger partial charge < -0.3 is 10.6 Å². The van der Waals surface area contributed by atoms with Crippen LogP contribution in [0.15, 0.2) is 90.3 Å². The first kappa shape index (κ1) is 17.0. The summed E-state index contributed by atoms with van der Waals surface area (Å²) in [7, 11) is 0. The number of thiazole rings is 1. The summed E-state index contributed by atoms with van der Waals surface area (Å²) in [6.45, 7) is 0. The lowest BCUT2D eigenvalue weighted by Crippen LogP contribution is -2.19. The standard InChI is InChI=1S/C22H17N3OS/c26-22(23-18-11-5-2-6-12-18)24-19-13-7-10-17(14-19)20-15-27-21(25-20)16-8-3-1-4-9-16/h1-15H,(H2,23,24,26). The van der Waals surface area contributed by atoms with Gasteiger partial charge in [0.05, 0.1) is 5.69 Å². The number of nitrogens with one attached hydrogen (secondary N) is 2. The minimum absolute atomic E-state index is 0.276. The highest BCUT2D eigenvalue weighted by molar-refractivity contribution is 7.13. The number of carbonyl (C=O) groups is 1. The zero-order chi connectivity index (χ0) is 18.5. The van der Waals surface area contributed by atoms with Gasteiger partial charge in [0.15, 0.2) is 0 Å². The Bertz CT molecular complexity index is 1050. The van der Waals surface area contributed by atoms with Crippen molar-refractivity contribution in [3.05, 3.63) is 90.3 Å². The largest absolute Gasteiger partial charge is 0.323 e. The molecule has 1 heterocycles. The number of aromatic nitrogens is 1. The molecule has 132 valence electrons. The van der Waals surface area contributed by atoms with Crippen molar-refractivity contribution in [2.45, 2.75) is 0 Å². The third-order valence-corrected chi connectivity index (χ3v) is 4.86. The topological polar surface area (TPSA) is 54.0 Å². The number of nitrogens with zero attached hydrogens (tertiary/aromatic N) is 1. The van der Waals surface area contributed by atoms with Gasteiger partial charge in [0.25, 0.3) is 0 Å². The summed E-state index contributed by atoms with van der Waals surface area (Å²) in [4.78, 5) is 16.9. The lowest BCUT2D eigenvalue weighted by Gasteiger charge is -2.08. The Balaban J connectivity index is 1.49. The van der Waals surface area contributed by atoms with E-state index in [4.69, 9.17) is 4.98 Å². The normalized spacial score (nSPS) is 10.4. The molecular weight excluding hydrogens is 354 g/mol. The molecule has 0 fully saturated rings. The molecule has 0 atom stereocenters. The Labute approximate surface area is 161 Å². The molecule has 4 nitrogen and oxygen atoms in total. The number of benzene rings is 3. The van der Waals surface area contributed by atoms with Crippen LogP contribution in [0.4, 0.5) is 16.2 Å². The van der Waals surface area contributed by atoms with E-state index < -0.39 is 0 Å². The highest BCUT2D eigenvalue weighted by Gasteiger charge is 2.08. The van der Waals surface area contributed by atoms with E-state index in [1.165, 1.54) is 0 Å². The SMILES string of the molecule is O=C(Nc1ccccc1)Nc1cccc(-c2csc(-c3ccccc3)n2)c1. The number of carbonyl (C=O) groups excluding carboxylic acids is 1. The molecule has 0 aliphatic heterocycles. The van der Waals surface area contributed by atoms with Crippen LogP contribution in [-0.4, -0.2) is 11.0 Å². The van der Waals surface area contributed by atoms with Crippen LogP contribution in [0.2, 0.25) is 0 Å². The van der Waals surface area contributed by atoms with E-state index >= 15 is 0 Å². The van der Waals surface area contributed by atoms with E-state index in [1.807, 2.05) is 78.2 Å². The average molecular weight is 371 g/mol. The van der Waals surface area contributed by atoms with E-state index in [0.29, 0.717) is 0 Å². The van der Waals surface area contributed by atoms with Crippen LogP contribution in [-0.2, 0) is 0 Å². The molecule has 0 unspecified atom stereocenters. The Morgan fingerprint density at radius 3 is 2.15 bits per heavy atom. The van der Waals surface area contributed by atoms with E-state index in [1.54, 1.807) is 11.3 Å². The molecule has 0 aliphatic rings. The highest BCUT2D eigenvalue weighted by atomic mass is 32.1. The second kappa shape index (κ2) is 7.85. The van der Waals surface area contributed by atoms with Gasteiger partial charge in [-0.25, -0.2) is 9.78 Å². The first-order valence-electron chi connectivity index (χ1n) is 8.52. The summed E-state index contributed by atoms with van der Waals surface area (Å²) >= 11 is 1.61. The van der Waals surface area contributed by atoms with Crippen LogP contribution in [0.3, 0.4) is 0 Å². The molecule has 27 heavy (non-hydrogen) atoms. The fourth-order valence-corrected chi connectivity index (χ4v) is 3.53. The average Bonchev–Trinajstić information content (AvgIpc) is 3.20. The second-order valence-electron chi connectivity index (χ2n) is 5.93. The third kappa shape index (κ3) is 4.22. The van der Waals surface area contributed by atoms with Crippen LogP contribution < -0.4 is 10.6 Å². The number of anilines is 2. The van der Waals surface area contributed by atoms with Crippen molar-refractivity contribution in [3.63, 3.8) is 0 Å². The van der Waals surface area contributed by atoms with Crippen molar-refractivity contribution < 1.29 is 4.79 Å². The maximum atomic E-state index is 12.2. The minimum Gasteiger partial charge on any atom is -0.308 e. The van der Waals surface area contributed by atoms with Gasteiger partial charge in [-0.2, -0.15) is 0 Å². The number of amides is 2. The first-order chi connectivity index (χ1) is 13.3. The van der Waals surface area contributed by atoms with E-state index in [-0.39, 0.29) is 6.03 Å². The third-order valence-electron chi connectivity index (χ3n) is 3.97. The van der Waals surface area contributed by atoms with Crippen LogP contribution in [0.25, 0.3) is 21.8 Å². The molecule has 0 saturated carbocycles. The molecule has 0 aliphatic carbocycles. The van der Waals surface area contributed by atoms with Gasteiger partial charge in [-0.3, -0.25) is 0 Å². The van der Waals surface area contributed by atoms with Crippen molar-refractivity contribution in [2.24, 2.45) is 0 Å². The smallest absolute Gasteiger partial charge is 0.308 e. The summed E-state index contributed by atoms with van der Waals surface area (Å²) < 4.78 is 0. The summed E-state index contributed by atoms with van der Waals surface area (Å²) in [5, 5.41) is 8.69. The lowest BCUT2D eigenvalue weighted by molar-refractivity contribution is 0.262. The van der Waals surface area contributed by atoms with Gasteiger partial charge in [-0.05, 0) is 24.3 Å². The summed E-state index contributed by atoms with van der Waals surface area (Å²) in [5.74, 6) is 0. The minimum atomic E-state index is -0.276. The van der Waals surface area contributed by atoms with Gasteiger partial charge in [-0.15, -0.1) is 11.3 Å². The number of rotatable bonds is 4. The van der Waals surface area contributed by atoms with Crippen molar-refractivity contribution >= 4 is 28.7 Å². The molecule has 3 aromatic carbocycles. The molecule has 2 N–H and O–H groups in total. The van der Waals surface area contributed by atoms with Crippen molar-refractivity contribution in [1.82, 2.24) is 4.98 Å². The van der Waals surface area contributed by atoms with Crippen LogP contribution in [0.1, 0.15) is 0 Å². The highest BCUT2D eigenvalue weighted by Crippen LogP contribution is 2.29. The molecule has 1 aromatic heterocycles. The quantitative estimate of drug-likeness (QED) is 0.454. The molecular formula is C22H17N3OS. The Morgan fingerprint density at radius 2 is 1.37 bits per heavy atom. The zero-order valence-corrected chi connectivity index (χ0v) is 15.2. The molecule has 4 aromatic rings. The number of hydrogen-bond acceptors (Lipinski definition) is 3. The molecule has 0 saturated heterocycles. The summed E-state index contributed by atoms with van der Waals surface area (Å²) in [6.07, 6.45) is 0. The van der Waals surface area contributed by atoms with Gasteiger partial charge in [0, 0.05) is 27.9 Å². The molecule has 0 spiro atoms. The number of hydrogen-bond donors (Lipinski definition) is 2. The zero-order valence-electron chi connectivity index (χ0n) is 14.4. The lowest BCUT2D eigenvalue weighted by atomic mass is 10.1. The predicted molar refractivity (Wildman–Crippen MR) is 112 cm³/mol. The van der Waals surface area contributed by atoms with Gasteiger partial charge in [-0.1, -0.05) is 60.7 Å². The summed E-state index contributed by atoms with van der Waals surface area (Å²) in [5.41, 5.74) is 4.43. The Kier molecular flexibility index (Phi) is 4.94. The van der Waals surface area contributed by atoms with E-state index in [9.17, 15) is 4.79 Å². The van der Waals surface area contributed by atoms with Crippen LogP contribution in [0, 0.1) is 0 Å². The van der Waals surface area contributed by atoms with E-state index in [2.05, 4.69) is 22.8 Å². The molecule has 4 rings (SSSR count). The van der Waals surface area contributed by atoms with Crippen LogP contribution >= 0.6 is 11.3 Å². The fraction of sp³-hybridized carbons (Fsp3) is 0. The molecule has 2 amide bonds. The Morgan fingerprint density at radius 1 is 0.741 bits per heavy atom. The van der Waals surface area contributed by atoms with Gasteiger partial charge in [0.1, 0.15) is 5.01 Å². The van der Waals surface area contributed by atoms with Gasteiger partial charge in [0.2, 0.25) is 0 Å². The van der Waals surface area contributed by atoms with Crippen LogP contribution in [0.5, 0.6) is 0 Å². The van der Waals surface area contributed by atoms with Crippen molar-refractivity contribution in [2.75, 3.05) is 10.6 Å². The number of para-hydroxylation sites is 1. The number of urea groups is 1. The molecule has 0 radical (unpaired) electrons. The maximum Gasteiger partial charge on any atom is 0.323 e. The molecule has 0 bridgehead atoms. The Hall–Kier alpha value is -3.44. The second-order valence-corrected chi connectivity index (χ2v) is 6.79. The van der Waals surface area contributed by atoms with E-state index in [0.717, 1.165) is 33.2 Å². The van der Waals surface area contributed by atoms with Crippen molar-refractivity contribution in [1.29, 1.82) is 0 Å². The maximum absolute atomic E-state index is 12.2. The predicted octanol–water partition coefficient (Wildman–Crippen LogP) is 6.12. The summed E-state index contributed by atoms with van der Waals surface area (Å²) in [6, 6.07) is 26.9. The first-order valence-corrected chi connectivity index (χ1v) is 9.40.